The molecule has 0 unspecified atom stereocenters. The number of rotatable bonds is 6. The third kappa shape index (κ3) is 5.04. The number of nitrogens with zero attached hydrogens (tertiary/aromatic N) is 1. The van der Waals surface area contributed by atoms with Gasteiger partial charge in [-0.1, -0.05) is 30.3 Å². The third-order valence-electron chi connectivity index (χ3n) is 3.90. The number of hydrogen-bond donors (Lipinski definition) is 1. The Morgan fingerprint density at radius 1 is 0.966 bits per heavy atom. The van der Waals surface area contributed by atoms with E-state index in [4.69, 9.17) is 9.47 Å². The average molecular weight is 392 g/mol. The van der Waals surface area contributed by atoms with Gasteiger partial charge < -0.3 is 9.47 Å². The summed E-state index contributed by atoms with van der Waals surface area (Å²) in [5.41, 5.74) is 3.33. The van der Waals surface area contributed by atoms with Crippen LogP contribution in [0.1, 0.15) is 26.3 Å². The van der Waals surface area contributed by atoms with Gasteiger partial charge in [-0.15, -0.1) is 0 Å². The molecule has 1 amide bonds. The lowest BCUT2D eigenvalue weighted by atomic mass is 10.2. The van der Waals surface area contributed by atoms with Crippen LogP contribution in [-0.4, -0.2) is 25.2 Å². The Bertz CT molecular complexity index is 1050. The molecule has 0 heterocycles. The molecule has 0 atom stereocenters. The standard InChI is InChI=1S/C22H17FN2O4/c1-28-20-13-15(14-24-25-21(26)16-7-3-2-4-8-16)11-12-19(20)29-22(27)17-9-5-6-10-18(17)23/h2-14H,1H3,(H,25,26)/b24-14-. The van der Waals surface area contributed by atoms with Crippen molar-refractivity contribution in [1.29, 1.82) is 0 Å². The molecule has 3 rings (SSSR count). The predicted octanol–water partition coefficient (Wildman–Crippen LogP) is 3.82. The van der Waals surface area contributed by atoms with Crippen LogP contribution >= 0.6 is 0 Å². The SMILES string of the molecule is COc1cc(/C=N\NC(=O)c2ccccc2)ccc1OC(=O)c1ccccc1F. The van der Waals surface area contributed by atoms with E-state index in [0.29, 0.717) is 11.1 Å². The number of carbonyl (C=O) groups is 2. The van der Waals surface area contributed by atoms with Crippen molar-refractivity contribution in [2.24, 2.45) is 5.10 Å². The number of benzene rings is 3. The van der Waals surface area contributed by atoms with Crippen molar-refractivity contribution < 1.29 is 23.5 Å². The summed E-state index contributed by atoms with van der Waals surface area (Å²) in [5, 5.41) is 3.91. The van der Waals surface area contributed by atoms with Gasteiger partial charge in [0.1, 0.15) is 5.82 Å². The van der Waals surface area contributed by atoms with E-state index in [1.807, 2.05) is 6.07 Å². The third-order valence-corrected chi connectivity index (χ3v) is 3.90. The zero-order valence-corrected chi connectivity index (χ0v) is 15.5. The van der Waals surface area contributed by atoms with Crippen LogP contribution in [0.2, 0.25) is 0 Å². The number of nitrogens with one attached hydrogen (secondary N) is 1. The molecular weight excluding hydrogens is 375 g/mol. The van der Waals surface area contributed by atoms with E-state index in [1.54, 1.807) is 42.5 Å². The summed E-state index contributed by atoms with van der Waals surface area (Å²) in [6.45, 7) is 0. The van der Waals surface area contributed by atoms with Gasteiger partial charge in [0.05, 0.1) is 18.9 Å². The molecule has 0 radical (unpaired) electrons. The number of amides is 1. The summed E-state index contributed by atoms with van der Waals surface area (Å²) < 4.78 is 24.2. The fraction of sp³-hybridized carbons (Fsp3) is 0.0455. The minimum Gasteiger partial charge on any atom is -0.493 e. The monoisotopic (exact) mass is 392 g/mol. The number of carbonyl (C=O) groups excluding carboxylic acids is 2. The summed E-state index contributed by atoms with van der Waals surface area (Å²) in [6, 6.07) is 18.9. The lowest BCUT2D eigenvalue weighted by Crippen LogP contribution is -2.17. The molecule has 29 heavy (non-hydrogen) atoms. The van der Waals surface area contributed by atoms with Crippen LogP contribution < -0.4 is 14.9 Å². The normalized spacial score (nSPS) is 10.6. The van der Waals surface area contributed by atoms with Gasteiger partial charge in [0, 0.05) is 5.56 Å². The maximum atomic E-state index is 13.7. The fourth-order valence-corrected chi connectivity index (χ4v) is 2.45. The first-order valence-electron chi connectivity index (χ1n) is 8.61. The number of hydrazone groups is 1. The summed E-state index contributed by atoms with van der Waals surface area (Å²) >= 11 is 0. The van der Waals surface area contributed by atoms with Crippen molar-refractivity contribution in [3.8, 4) is 11.5 Å². The van der Waals surface area contributed by atoms with Gasteiger partial charge in [-0.2, -0.15) is 5.10 Å². The zero-order valence-electron chi connectivity index (χ0n) is 15.5. The van der Waals surface area contributed by atoms with Crippen LogP contribution in [0.3, 0.4) is 0 Å². The first-order chi connectivity index (χ1) is 14.1. The largest absolute Gasteiger partial charge is 0.493 e. The molecule has 1 N–H and O–H groups in total. The van der Waals surface area contributed by atoms with Crippen LogP contribution in [-0.2, 0) is 0 Å². The second kappa shape index (κ2) is 9.27. The van der Waals surface area contributed by atoms with Crippen molar-refractivity contribution in [2.75, 3.05) is 7.11 Å². The Labute approximate surface area is 166 Å². The van der Waals surface area contributed by atoms with Crippen LogP contribution in [0, 0.1) is 5.82 Å². The Morgan fingerprint density at radius 3 is 2.41 bits per heavy atom. The van der Waals surface area contributed by atoms with Crippen molar-refractivity contribution in [2.45, 2.75) is 0 Å². The quantitative estimate of drug-likeness (QED) is 0.299. The Balaban J connectivity index is 1.69. The molecule has 7 heteroatoms. The highest BCUT2D eigenvalue weighted by atomic mass is 19.1. The summed E-state index contributed by atoms with van der Waals surface area (Å²) in [6.07, 6.45) is 1.42. The summed E-state index contributed by atoms with van der Waals surface area (Å²) in [5.74, 6) is -1.46. The van der Waals surface area contributed by atoms with Gasteiger partial charge in [0.15, 0.2) is 11.5 Å². The van der Waals surface area contributed by atoms with Crippen molar-refractivity contribution in [1.82, 2.24) is 5.43 Å². The second-order valence-electron chi connectivity index (χ2n) is 5.84. The van der Waals surface area contributed by atoms with Crippen LogP contribution in [0.15, 0.2) is 77.9 Å². The lowest BCUT2D eigenvalue weighted by Gasteiger charge is -2.10. The maximum absolute atomic E-state index is 13.7. The molecule has 0 saturated carbocycles. The molecular formula is C22H17FN2O4. The molecule has 0 aromatic heterocycles. The molecule has 0 spiro atoms. The van der Waals surface area contributed by atoms with E-state index < -0.39 is 11.8 Å². The Morgan fingerprint density at radius 2 is 1.69 bits per heavy atom. The fourth-order valence-electron chi connectivity index (χ4n) is 2.45. The molecule has 3 aromatic carbocycles. The Kier molecular flexibility index (Phi) is 6.32. The average Bonchev–Trinajstić information content (AvgIpc) is 2.75. The molecule has 0 aliphatic heterocycles. The highest BCUT2D eigenvalue weighted by Gasteiger charge is 2.16. The summed E-state index contributed by atoms with van der Waals surface area (Å²) in [4.78, 5) is 24.1. The lowest BCUT2D eigenvalue weighted by molar-refractivity contribution is 0.0724. The first kappa shape index (κ1) is 19.8. The number of methoxy groups -OCH3 is 1. The number of ether oxygens (including phenoxy) is 2. The van der Waals surface area contributed by atoms with Gasteiger partial charge in [0.2, 0.25) is 0 Å². The first-order valence-corrected chi connectivity index (χ1v) is 8.61. The predicted molar refractivity (Wildman–Crippen MR) is 106 cm³/mol. The van der Waals surface area contributed by atoms with Crippen molar-refractivity contribution in [3.05, 3.63) is 95.3 Å². The number of halogens is 1. The smallest absolute Gasteiger partial charge is 0.346 e. The van der Waals surface area contributed by atoms with E-state index in [1.165, 1.54) is 37.6 Å². The summed E-state index contributed by atoms with van der Waals surface area (Å²) in [7, 11) is 1.41. The van der Waals surface area contributed by atoms with E-state index in [-0.39, 0.29) is 23.0 Å². The highest BCUT2D eigenvalue weighted by Crippen LogP contribution is 2.28. The second-order valence-corrected chi connectivity index (χ2v) is 5.84. The number of hydrogen-bond acceptors (Lipinski definition) is 5. The van der Waals surface area contributed by atoms with Gasteiger partial charge in [-0.3, -0.25) is 4.79 Å². The van der Waals surface area contributed by atoms with Crippen LogP contribution in [0.25, 0.3) is 0 Å². The molecule has 0 fully saturated rings. The number of esters is 1. The van der Waals surface area contributed by atoms with Crippen molar-refractivity contribution >= 4 is 18.1 Å². The van der Waals surface area contributed by atoms with E-state index in [9.17, 15) is 14.0 Å². The van der Waals surface area contributed by atoms with Gasteiger partial charge in [-0.25, -0.2) is 14.6 Å². The molecule has 146 valence electrons. The van der Waals surface area contributed by atoms with Crippen LogP contribution in [0.5, 0.6) is 11.5 Å². The molecule has 6 nitrogen and oxygen atoms in total. The highest BCUT2D eigenvalue weighted by molar-refractivity contribution is 5.95. The van der Waals surface area contributed by atoms with Crippen LogP contribution in [0.4, 0.5) is 4.39 Å². The topological polar surface area (TPSA) is 77.0 Å². The molecule has 3 aromatic rings. The maximum Gasteiger partial charge on any atom is 0.346 e. The Hall–Kier alpha value is -4.00. The zero-order chi connectivity index (χ0) is 20.6. The molecule has 0 bridgehead atoms. The molecule has 0 saturated heterocycles. The minimum atomic E-state index is -0.835. The van der Waals surface area contributed by atoms with E-state index >= 15 is 0 Å². The van der Waals surface area contributed by atoms with E-state index in [0.717, 1.165) is 0 Å². The minimum absolute atomic E-state index is 0.131. The van der Waals surface area contributed by atoms with Gasteiger partial charge >= 0.3 is 5.97 Å². The van der Waals surface area contributed by atoms with Gasteiger partial charge in [-0.05, 0) is 48.0 Å². The molecule has 0 aliphatic carbocycles. The van der Waals surface area contributed by atoms with Gasteiger partial charge in [0.25, 0.3) is 5.91 Å². The molecule has 0 aliphatic rings. The van der Waals surface area contributed by atoms with E-state index in [2.05, 4.69) is 10.5 Å². The van der Waals surface area contributed by atoms with Crippen molar-refractivity contribution in [3.63, 3.8) is 0 Å².